The fraction of sp³-hybridized carbons (Fsp3) is 0.143. The van der Waals surface area contributed by atoms with Crippen LogP contribution in [0.3, 0.4) is 0 Å². The number of aromatic nitrogens is 2. The molecule has 1 aromatic heterocycles. The molecule has 0 aliphatic carbocycles. The van der Waals surface area contributed by atoms with Crippen LogP contribution in [-0.4, -0.2) is 37.1 Å². The van der Waals surface area contributed by atoms with Crippen molar-refractivity contribution in [3.05, 3.63) is 41.2 Å². The minimum Gasteiger partial charge on any atom is -0.354 e. The van der Waals surface area contributed by atoms with Crippen LogP contribution in [0.15, 0.2) is 39.9 Å². The molecule has 2 aromatic carbocycles. The number of nitrogens with one attached hydrogen (secondary N) is 1. The first-order valence-corrected chi connectivity index (χ1v) is 8.52. The number of hydrogen-bond donors (Lipinski definition) is 1. The van der Waals surface area contributed by atoms with Crippen molar-refractivity contribution in [2.75, 3.05) is 19.4 Å². The van der Waals surface area contributed by atoms with E-state index in [9.17, 15) is 12.8 Å². The minimum absolute atomic E-state index is 0.0798. The van der Waals surface area contributed by atoms with Gasteiger partial charge in [0.05, 0.1) is 5.69 Å². The molecule has 0 atom stereocenters. The highest BCUT2D eigenvalue weighted by Crippen LogP contribution is 2.33. The Hall–Kier alpha value is -2.23. The molecule has 0 fully saturated rings. The van der Waals surface area contributed by atoms with E-state index in [0.717, 1.165) is 10.4 Å². The quantitative estimate of drug-likeness (QED) is 0.759. The highest BCUT2D eigenvalue weighted by molar-refractivity contribution is 7.89. The number of nitrogens with zero attached hydrogens (tertiary/aromatic N) is 3. The maximum Gasteiger partial charge on any atom is 0.247 e. The Morgan fingerprint density at radius 2 is 1.96 bits per heavy atom. The number of hydrogen-bond acceptors (Lipinski definition) is 6. The first-order chi connectivity index (χ1) is 11.3. The van der Waals surface area contributed by atoms with E-state index in [2.05, 4.69) is 20.3 Å². The summed E-state index contributed by atoms with van der Waals surface area (Å²) < 4.78 is 44.5. The monoisotopic (exact) mass is 370 g/mol. The van der Waals surface area contributed by atoms with E-state index in [4.69, 9.17) is 11.6 Å². The second kappa shape index (κ2) is 6.00. The van der Waals surface area contributed by atoms with Crippen LogP contribution in [0.4, 0.5) is 15.8 Å². The molecule has 3 rings (SSSR count). The van der Waals surface area contributed by atoms with Crippen molar-refractivity contribution in [2.45, 2.75) is 4.90 Å². The molecule has 1 heterocycles. The Kier molecular flexibility index (Phi) is 4.16. The van der Waals surface area contributed by atoms with Crippen LogP contribution < -0.4 is 5.32 Å². The molecule has 0 bridgehead atoms. The lowest BCUT2D eigenvalue weighted by atomic mass is 10.2. The second-order valence-electron chi connectivity index (χ2n) is 5.14. The number of rotatable bonds is 4. The highest BCUT2D eigenvalue weighted by Gasteiger charge is 2.27. The number of fused-ring (bicyclic) bond motifs is 1. The zero-order valence-electron chi connectivity index (χ0n) is 12.6. The average Bonchev–Trinajstić information content (AvgIpc) is 2.93. The smallest absolute Gasteiger partial charge is 0.247 e. The fourth-order valence-corrected chi connectivity index (χ4v) is 3.52. The fourth-order valence-electron chi connectivity index (χ4n) is 2.15. The number of anilines is 2. The van der Waals surface area contributed by atoms with Crippen LogP contribution >= 0.6 is 11.6 Å². The van der Waals surface area contributed by atoms with Gasteiger partial charge < -0.3 is 5.32 Å². The summed E-state index contributed by atoms with van der Waals surface area (Å²) in [6.07, 6.45) is 0. The predicted octanol–water partition coefficient (Wildman–Crippen LogP) is 3.01. The molecule has 1 N–H and O–H groups in total. The Labute approximate surface area is 142 Å². The van der Waals surface area contributed by atoms with Gasteiger partial charge in [-0.25, -0.2) is 21.7 Å². The lowest BCUT2D eigenvalue weighted by Gasteiger charge is -2.16. The van der Waals surface area contributed by atoms with Crippen molar-refractivity contribution in [3.63, 3.8) is 0 Å². The maximum absolute atomic E-state index is 13.5. The van der Waals surface area contributed by atoms with Crippen molar-refractivity contribution in [3.8, 4) is 0 Å². The molecule has 0 unspecified atom stereocenters. The van der Waals surface area contributed by atoms with E-state index in [1.807, 2.05) is 0 Å². The molecule has 0 aliphatic rings. The molecule has 0 saturated heterocycles. The zero-order chi connectivity index (χ0) is 17.5. The third kappa shape index (κ3) is 2.93. The lowest BCUT2D eigenvalue weighted by molar-refractivity contribution is 0.315. The molecular weight excluding hydrogens is 359 g/mol. The van der Waals surface area contributed by atoms with Crippen molar-refractivity contribution < 1.29 is 17.4 Å². The van der Waals surface area contributed by atoms with Gasteiger partial charge in [-0.15, -0.1) is 0 Å². The highest BCUT2D eigenvalue weighted by atomic mass is 35.5. The van der Waals surface area contributed by atoms with Crippen molar-refractivity contribution in [1.29, 1.82) is 0 Å². The molecular formula is C14H12ClFN4O3S. The van der Waals surface area contributed by atoms with E-state index in [1.165, 1.54) is 32.3 Å². The molecule has 24 heavy (non-hydrogen) atoms. The summed E-state index contributed by atoms with van der Waals surface area (Å²) in [5.41, 5.74) is 0.869. The van der Waals surface area contributed by atoms with Crippen molar-refractivity contribution in [1.82, 2.24) is 14.6 Å². The molecule has 0 radical (unpaired) electrons. The van der Waals surface area contributed by atoms with E-state index in [-0.39, 0.29) is 21.1 Å². The third-order valence-electron chi connectivity index (χ3n) is 3.26. The summed E-state index contributed by atoms with van der Waals surface area (Å²) in [6, 6.07) is 6.87. The van der Waals surface area contributed by atoms with Crippen molar-refractivity contribution in [2.24, 2.45) is 0 Å². The van der Waals surface area contributed by atoms with Crippen LogP contribution in [0, 0.1) is 5.82 Å². The molecule has 0 aliphatic heterocycles. The van der Waals surface area contributed by atoms with Crippen LogP contribution in [-0.2, 0) is 10.0 Å². The SMILES string of the molecule is CN(C)S(=O)(=O)c1c(Nc2cc(F)cc(Cl)c2)ccc2nonc12. The Bertz CT molecular complexity index is 1000. The summed E-state index contributed by atoms with van der Waals surface area (Å²) in [7, 11) is -1.08. The normalized spacial score (nSPS) is 12.0. The van der Waals surface area contributed by atoms with Gasteiger partial charge in [-0.05, 0) is 40.6 Å². The molecule has 7 nitrogen and oxygen atoms in total. The average molecular weight is 371 g/mol. The Balaban J connectivity index is 2.21. The van der Waals surface area contributed by atoms with Gasteiger partial charge in [0.25, 0.3) is 0 Å². The molecule has 10 heteroatoms. The zero-order valence-corrected chi connectivity index (χ0v) is 14.2. The Morgan fingerprint density at radius 3 is 2.62 bits per heavy atom. The molecule has 126 valence electrons. The standard InChI is InChI=1S/C14H12ClFN4O3S/c1-20(2)24(21,22)14-12(4-3-11-13(14)19-23-18-11)17-10-6-8(15)5-9(16)7-10/h3-7,17H,1-2H3. The minimum atomic E-state index is -3.86. The second-order valence-corrected chi connectivity index (χ2v) is 7.67. The van der Waals surface area contributed by atoms with E-state index < -0.39 is 15.8 Å². The van der Waals surface area contributed by atoms with Gasteiger partial charge >= 0.3 is 0 Å². The maximum atomic E-state index is 13.5. The van der Waals surface area contributed by atoms with Crippen LogP contribution in [0.1, 0.15) is 0 Å². The number of benzene rings is 2. The largest absolute Gasteiger partial charge is 0.354 e. The topological polar surface area (TPSA) is 88.3 Å². The van der Waals surface area contributed by atoms with Crippen molar-refractivity contribution >= 4 is 44.0 Å². The summed E-state index contributed by atoms with van der Waals surface area (Å²) >= 11 is 5.83. The van der Waals surface area contributed by atoms with Gasteiger partial charge in [-0.2, -0.15) is 0 Å². The van der Waals surface area contributed by atoms with E-state index >= 15 is 0 Å². The summed E-state index contributed by atoms with van der Waals surface area (Å²) in [5.74, 6) is -0.550. The Morgan fingerprint density at radius 1 is 1.21 bits per heavy atom. The number of halogens is 2. The molecule has 3 aromatic rings. The first-order valence-electron chi connectivity index (χ1n) is 6.70. The van der Waals surface area contributed by atoms with Gasteiger partial charge in [-0.1, -0.05) is 11.6 Å². The summed E-state index contributed by atoms with van der Waals surface area (Å²) in [6.45, 7) is 0. The van der Waals surface area contributed by atoms with Gasteiger partial charge in [0, 0.05) is 24.8 Å². The summed E-state index contributed by atoms with van der Waals surface area (Å²) in [4.78, 5) is -0.119. The number of sulfonamides is 1. The van der Waals surface area contributed by atoms with Crippen LogP contribution in [0.2, 0.25) is 5.02 Å². The van der Waals surface area contributed by atoms with Gasteiger partial charge in [-0.3, -0.25) is 0 Å². The van der Waals surface area contributed by atoms with Gasteiger partial charge in [0.1, 0.15) is 16.2 Å². The lowest BCUT2D eigenvalue weighted by Crippen LogP contribution is -2.23. The molecule has 0 spiro atoms. The molecule has 0 amide bonds. The van der Waals surface area contributed by atoms with Crippen LogP contribution in [0.5, 0.6) is 0 Å². The van der Waals surface area contributed by atoms with Gasteiger partial charge in [0.2, 0.25) is 10.0 Å². The summed E-state index contributed by atoms with van der Waals surface area (Å²) in [5, 5.41) is 10.4. The molecule has 0 saturated carbocycles. The van der Waals surface area contributed by atoms with Gasteiger partial charge in [0.15, 0.2) is 5.52 Å². The van der Waals surface area contributed by atoms with Crippen LogP contribution in [0.25, 0.3) is 11.0 Å². The van der Waals surface area contributed by atoms with E-state index in [0.29, 0.717) is 11.2 Å². The van der Waals surface area contributed by atoms with E-state index in [1.54, 1.807) is 6.07 Å². The first kappa shape index (κ1) is 16.6. The third-order valence-corrected chi connectivity index (χ3v) is 5.37. The predicted molar refractivity (Wildman–Crippen MR) is 87.4 cm³/mol.